The minimum absolute atomic E-state index is 0.0446. The number of imidazole rings is 1. The van der Waals surface area contributed by atoms with E-state index in [4.69, 9.17) is 11.6 Å². The number of pyridine rings is 2. The topological polar surface area (TPSA) is 116 Å². The lowest BCUT2D eigenvalue weighted by atomic mass is 10.2. The van der Waals surface area contributed by atoms with Crippen LogP contribution in [0.1, 0.15) is 16.4 Å². The lowest BCUT2D eigenvalue weighted by Crippen LogP contribution is -2.04. The molecule has 0 spiro atoms. The van der Waals surface area contributed by atoms with Crippen molar-refractivity contribution in [1.82, 2.24) is 24.5 Å². The van der Waals surface area contributed by atoms with E-state index in [1.165, 1.54) is 59.7 Å². The first kappa shape index (κ1) is 20.0. The molecule has 4 rings (SSSR count). The van der Waals surface area contributed by atoms with Crippen molar-refractivity contribution in [3.05, 3.63) is 60.6 Å². The number of hydrogen-bond donors (Lipinski definition) is 0. The molecule has 0 aliphatic carbocycles. The summed E-state index contributed by atoms with van der Waals surface area (Å²) in [7, 11) is -2.99. The highest BCUT2D eigenvalue weighted by atomic mass is 35.5. The highest BCUT2D eigenvalue weighted by Gasteiger charge is 2.35. The van der Waals surface area contributed by atoms with Crippen LogP contribution in [0.25, 0.3) is 17.0 Å². The van der Waals surface area contributed by atoms with Crippen LogP contribution in [-0.4, -0.2) is 40.9 Å². The standard InChI is InChI=1S/C17H11ClF2N6O3S/c1-30(28,11-2-5-21-6-3-11)25-15(27)12-9-26-7-4-10(8-13(26)22-12)14-23-16(29-24-14)17(18,19)20/h2-9H,1H3. The molecule has 0 radical (unpaired) electrons. The molecule has 0 bridgehead atoms. The first-order valence-corrected chi connectivity index (χ1v) is 10.5. The maximum Gasteiger partial charge on any atom is 0.400 e. The summed E-state index contributed by atoms with van der Waals surface area (Å²) in [5, 5.41) is -0.318. The van der Waals surface area contributed by atoms with Gasteiger partial charge >= 0.3 is 17.2 Å². The Morgan fingerprint density at radius 1 is 1.27 bits per heavy atom. The van der Waals surface area contributed by atoms with Crippen LogP contribution in [0.2, 0.25) is 0 Å². The van der Waals surface area contributed by atoms with E-state index in [2.05, 4.69) is 29.0 Å². The van der Waals surface area contributed by atoms with Gasteiger partial charge in [-0.2, -0.15) is 18.1 Å². The van der Waals surface area contributed by atoms with Gasteiger partial charge in [0.05, 0.1) is 14.6 Å². The minimum Gasteiger partial charge on any atom is -0.331 e. The van der Waals surface area contributed by atoms with Crippen LogP contribution < -0.4 is 0 Å². The van der Waals surface area contributed by atoms with Crippen molar-refractivity contribution in [2.45, 2.75) is 10.3 Å². The van der Waals surface area contributed by atoms with Crippen LogP contribution in [0.4, 0.5) is 8.78 Å². The highest BCUT2D eigenvalue weighted by Crippen LogP contribution is 2.32. The van der Waals surface area contributed by atoms with Gasteiger partial charge in [-0.3, -0.25) is 9.78 Å². The molecule has 1 atom stereocenters. The fourth-order valence-electron chi connectivity index (χ4n) is 2.53. The number of alkyl halides is 3. The summed E-state index contributed by atoms with van der Waals surface area (Å²) in [5.74, 6) is -1.93. The zero-order valence-electron chi connectivity index (χ0n) is 15.1. The molecule has 0 aliphatic rings. The number of halogens is 3. The Morgan fingerprint density at radius 2 is 2.00 bits per heavy atom. The van der Waals surface area contributed by atoms with E-state index in [-0.39, 0.29) is 11.5 Å². The highest BCUT2D eigenvalue weighted by molar-refractivity contribution is 7.93. The second kappa shape index (κ2) is 7.22. The zero-order valence-corrected chi connectivity index (χ0v) is 16.6. The molecule has 4 aromatic heterocycles. The van der Waals surface area contributed by atoms with Crippen molar-refractivity contribution in [2.75, 3.05) is 6.26 Å². The third-order valence-corrected chi connectivity index (χ3v) is 5.77. The fourth-order valence-corrected chi connectivity index (χ4v) is 3.75. The Kier molecular flexibility index (Phi) is 4.82. The summed E-state index contributed by atoms with van der Waals surface area (Å²) in [6.45, 7) is 0. The number of amides is 1. The van der Waals surface area contributed by atoms with E-state index < -0.39 is 26.9 Å². The zero-order chi connectivity index (χ0) is 21.5. The third-order valence-electron chi connectivity index (χ3n) is 3.95. The first-order valence-electron chi connectivity index (χ1n) is 8.20. The molecule has 1 unspecified atom stereocenters. The Bertz CT molecular complexity index is 1370. The number of carbonyl (C=O) groups is 1. The van der Waals surface area contributed by atoms with Crippen LogP contribution in [0.5, 0.6) is 0 Å². The number of rotatable bonds is 4. The number of carbonyl (C=O) groups excluding carboxylic acids is 1. The normalized spacial score (nSPS) is 13.9. The predicted molar refractivity (Wildman–Crippen MR) is 102 cm³/mol. The Morgan fingerprint density at radius 3 is 2.67 bits per heavy atom. The maximum absolute atomic E-state index is 13.1. The summed E-state index contributed by atoms with van der Waals surface area (Å²) in [6, 6.07) is 6.00. The van der Waals surface area contributed by atoms with Crippen LogP contribution in [-0.2, 0) is 15.1 Å². The molecule has 0 saturated heterocycles. The smallest absolute Gasteiger partial charge is 0.331 e. The van der Waals surface area contributed by atoms with Gasteiger partial charge in [-0.25, -0.2) is 9.19 Å². The Hall–Kier alpha value is -3.25. The van der Waals surface area contributed by atoms with Gasteiger partial charge in [0.25, 0.3) is 0 Å². The molecule has 1 amide bonds. The van der Waals surface area contributed by atoms with Crippen molar-refractivity contribution >= 4 is 32.9 Å². The molecule has 0 aliphatic heterocycles. The van der Waals surface area contributed by atoms with E-state index in [9.17, 15) is 17.8 Å². The summed E-state index contributed by atoms with van der Waals surface area (Å²) in [4.78, 5) is 24.4. The average Bonchev–Trinajstić information content (AvgIpc) is 3.35. The molecular formula is C17H11ClF2N6O3S. The summed E-state index contributed by atoms with van der Waals surface area (Å²) in [6.07, 6.45) is 7.17. The quantitative estimate of drug-likeness (QED) is 0.436. The molecule has 0 saturated carbocycles. The average molecular weight is 453 g/mol. The molecule has 9 nitrogen and oxygen atoms in total. The molecule has 0 N–H and O–H groups in total. The molecule has 0 aromatic carbocycles. The van der Waals surface area contributed by atoms with E-state index in [1.54, 1.807) is 0 Å². The van der Waals surface area contributed by atoms with Gasteiger partial charge in [0.15, 0.2) is 0 Å². The number of hydrogen-bond acceptors (Lipinski definition) is 7. The van der Waals surface area contributed by atoms with Crippen LogP contribution in [0, 0.1) is 0 Å². The van der Waals surface area contributed by atoms with Gasteiger partial charge in [0.1, 0.15) is 11.3 Å². The van der Waals surface area contributed by atoms with Crippen LogP contribution in [0.15, 0.2) is 62.8 Å². The van der Waals surface area contributed by atoms with E-state index >= 15 is 0 Å². The van der Waals surface area contributed by atoms with E-state index in [0.717, 1.165) is 0 Å². The first-order chi connectivity index (χ1) is 14.1. The predicted octanol–water partition coefficient (Wildman–Crippen LogP) is 3.36. The molecule has 30 heavy (non-hydrogen) atoms. The van der Waals surface area contributed by atoms with Crippen molar-refractivity contribution in [3.8, 4) is 11.4 Å². The minimum atomic E-state index is -3.79. The van der Waals surface area contributed by atoms with Gasteiger partial charge in [-0.1, -0.05) is 5.16 Å². The second-order valence-corrected chi connectivity index (χ2v) is 8.84. The lowest BCUT2D eigenvalue weighted by molar-refractivity contribution is 0.0551. The number of aromatic nitrogens is 5. The summed E-state index contributed by atoms with van der Waals surface area (Å²) < 4.78 is 48.7. The summed E-state index contributed by atoms with van der Waals surface area (Å²) >= 11 is 4.87. The van der Waals surface area contributed by atoms with Crippen molar-refractivity contribution in [1.29, 1.82) is 0 Å². The van der Waals surface area contributed by atoms with Crippen molar-refractivity contribution in [2.24, 2.45) is 4.36 Å². The van der Waals surface area contributed by atoms with Gasteiger partial charge in [-0.05, 0) is 35.9 Å². The van der Waals surface area contributed by atoms with E-state index in [0.29, 0.717) is 16.1 Å². The lowest BCUT2D eigenvalue weighted by Gasteiger charge is -2.01. The van der Waals surface area contributed by atoms with Crippen LogP contribution >= 0.6 is 11.6 Å². The van der Waals surface area contributed by atoms with Gasteiger partial charge in [0.2, 0.25) is 5.82 Å². The van der Waals surface area contributed by atoms with Gasteiger partial charge < -0.3 is 8.92 Å². The van der Waals surface area contributed by atoms with Crippen LogP contribution in [0.3, 0.4) is 0 Å². The molecular weight excluding hydrogens is 442 g/mol. The largest absolute Gasteiger partial charge is 0.400 e. The molecule has 0 fully saturated rings. The Balaban J connectivity index is 1.67. The molecule has 13 heteroatoms. The third kappa shape index (κ3) is 3.91. The SMILES string of the molecule is CS(=O)(=NC(=O)c1cn2ccc(-c3noc(C(F)(F)Cl)n3)cc2n1)c1ccncc1. The molecule has 154 valence electrons. The number of nitrogens with zero attached hydrogens (tertiary/aromatic N) is 6. The molecule has 4 aromatic rings. The molecule has 4 heterocycles. The fraction of sp³-hybridized carbons (Fsp3) is 0.118. The van der Waals surface area contributed by atoms with E-state index in [1.807, 2.05) is 0 Å². The van der Waals surface area contributed by atoms with Crippen molar-refractivity contribution in [3.63, 3.8) is 0 Å². The second-order valence-electron chi connectivity index (χ2n) is 6.11. The Labute approximate surface area is 172 Å². The van der Waals surface area contributed by atoms with Crippen molar-refractivity contribution < 1.29 is 22.3 Å². The number of fused-ring (bicyclic) bond motifs is 1. The van der Waals surface area contributed by atoms with Gasteiger partial charge in [0, 0.05) is 36.6 Å². The maximum atomic E-state index is 13.1. The van der Waals surface area contributed by atoms with Gasteiger partial charge in [-0.15, -0.1) is 0 Å². The monoisotopic (exact) mass is 452 g/mol. The summed E-state index contributed by atoms with van der Waals surface area (Å²) in [5.41, 5.74) is 0.564.